The van der Waals surface area contributed by atoms with Crippen LogP contribution < -0.4 is 4.74 Å². The zero-order valence-corrected chi connectivity index (χ0v) is 24.3. The topological polar surface area (TPSA) is 53.4 Å². The van der Waals surface area contributed by atoms with E-state index in [0.29, 0.717) is 5.75 Å². The van der Waals surface area contributed by atoms with Crippen LogP contribution in [0.4, 0.5) is 0 Å². The van der Waals surface area contributed by atoms with Crippen molar-refractivity contribution < 1.29 is 14.3 Å². The molecule has 5 nitrogen and oxygen atoms in total. The molecule has 5 heteroatoms. The van der Waals surface area contributed by atoms with Crippen molar-refractivity contribution in [2.45, 2.75) is 46.6 Å². The minimum Gasteiger partial charge on any atom is -0.482 e. The molecule has 4 aromatic carbocycles. The van der Waals surface area contributed by atoms with Crippen LogP contribution in [0.3, 0.4) is 0 Å². The van der Waals surface area contributed by atoms with Gasteiger partial charge in [0.05, 0.1) is 11.4 Å². The summed E-state index contributed by atoms with van der Waals surface area (Å²) >= 11 is 0. The summed E-state index contributed by atoms with van der Waals surface area (Å²) in [5, 5.41) is 5.25. The summed E-state index contributed by atoms with van der Waals surface area (Å²) in [7, 11) is 0. The Bertz CT molecular complexity index is 1650. The molecular formula is C36H36N2O3. The second-order valence-corrected chi connectivity index (χ2v) is 11.1. The summed E-state index contributed by atoms with van der Waals surface area (Å²) in [6.07, 6.45) is 0.802. The van der Waals surface area contributed by atoms with E-state index < -0.39 is 11.6 Å². The number of rotatable bonds is 8. The maximum absolute atomic E-state index is 12.2. The van der Waals surface area contributed by atoms with Crippen LogP contribution in [0.5, 0.6) is 5.75 Å². The lowest BCUT2D eigenvalue weighted by atomic mass is 9.97. The largest absolute Gasteiger partial charge is 0.482 e. The molecule has 0 bridgehead atoms. The van der Waals surface area contributed by atoms with Crippen LogP contribution in [0.1, 0.15) is 39.0 Å². The van der Waals surface area contributed by atoms with Crippen LogP contribution in [0.25, 0.3) is 39.2 Å². The molecule has 0 aliphatic heterocycles. The number of aryl methyl sites for hydroxylation is 1. The molecule has 0 saturated carbocycles. The van der Waals surface area contributed by atoms with Crippen molar-refractivity contribution in [1.29, 1.82) is 0 Å². The van der Waals surface area contributed by atoms with Gasteiger partial charge in [0.2, 0.25) is 0 Å². The van der Waals surface area contributed by atoms with Gasteiger partial charge in [-0.2, -0.15) is 5.10 Å². The van der Waals surface area contributed by atoms with Crippen LogP contribution in [-0.4, -0.2) is 28.0 Å². The van der Waals surface area contributed by atoms with E-state index in [1.165, 1.54) is 5.56 Å². The number of aromatic nitrogens is 2. The first-order valence-electron chi connectivity index (χ1n) is 14.0. The van der Waals surface area contributed by atoms with Crippen molar-refractivity contribution >= 4 is 5.97 Å². The average Bonchev–Trinajstić information content (AvgIpc) is 3.36. The molecule has 1 heterocycles. The molecule has 0 atom stereocenters. The summed E-state index contributed by atoms with van der Waals surface area (Å²) < 4.78 is 13.3. The van der Waals surface area contributed by atoms with E-state index in [4.69, 9.17) is 14.6 Å². The highest BCUT2D eigenvalue weighted by atomic mass is 16.6. The summed E-state index contributed by atoms with van der Waals surface area (Å²) in [4.78, 5) is 12.2. The summed E-state index contributed by atoms with van der Waals surface area (Å²) in [5.74, 6) is 0.203. The highest BCUT2D eigenvalue weighted by molar-refractivity contribution is 5.84. The Labute approximate surface area is 242 Å². The lowest BCUT2D eigenvalue weighted by Crippen LogP contribution is -2.27. The van der Waals surface area contributed by atoms with E-state index in [9.17, 15) is 4.79 Å². The molecule has 208 valence electrons. The summed E-state index contributed by atoms with van der Waals surface area (Å²) in [6.45, 7) is 9.65. The number of benzene rings is 4. The molecule has 0 N–H and O–H groups in total. The Morgan fingerprint density at radius 1 is 0.805 bits per heavy atom. The zero-order chi connectivity index (χ0) is 29.0. The molecule has 41 heavy (non-hydrogen) atoms. The maximum Gasteiger partial charge on any atom is 0.344 e. The first-order valence-corrected chi connectivity index (χ1v) is 14.0. The van der Waals surface area contributed by atoms with Gasteiger partial charge in [0.15, 0.2) is 6.61 Å². The average molecular weight is 545 g/mol. The van der Waals surface area contributed by atoms with Crippen LogP contribution >= 0.6 is 0 Å². The summed E-state index contributed by atoms with van der Waals surface area (Å²) in [6, 6.07) is 35.1. The first kappa shape index (κ1) is 27.9. The van der Waals surface area contributed by atoms with Gasteiger partial charge in [-0.3, -0.25) is 0 Å². The predicted molar refractivity (Wildman–Crippen MR) is 165 cm³/mol. The lowest BCUT2D eigenvalue weighted by molar-refractivity contribution is -0.157. The van der Waals surface area contributed by atoms with Gasteiger partial charge < -0.3 is 9.47 Å². The maximum atomic E-state index is 12.2. The van der Waals surface area contributed by atoms with Gasteiger partial charge in [-0.1, -0.05) is 97.4 Å². The molecule has 0 radical (unpaired) electrons. The van der Waals surface area contributed by atoms with Crippen molar-refractivity contribution in [1.82, 2.24) is 9.78 Å². The molecule has 0 amide bonds. The molecule has 0 aliphatic rings. The van der Waals surface area contributed by atoms with Gasteiger partial charge in [0.25, 0.3) is 0 Å². The lowest BCUT2D eigenvalue weighted by Gasteiger charge is -2.19. The molecular weight excluding hydrogens is 508 g/mol. The first-order chi connectivity index (χ1) is 19.7. The third kappa shape index (κ3) is 6.41. The monoisotopic (exact) mass is 544 g/mol. The summed E-state index contributed by atoms with van der Waals surface area (Å²) in [5.41, 5.74) is 9.07. The number of carbonyl (C=O) groups is 1. The van der Waals surface area contributed by atoms with E-state index in [0.717, 1.165) is 51.3 Å². The van der Waals surface area contributed by atoms with Crippen LogP contribution in [0.2, 0.25) is 0 Å². The van der Waals surface area contributed by atoms with E-state index in [2.05, 4.69) is 79.2 Å². The van der Waals surface area contributed by atoms with Crippen molar-refractivity contribution in [3.63, 3.8) is 0 Å². The van der Waals surface area contributed by atoms with Gasteiger partial charge in [-0.05, 0) is 63.4 Å². The number of hydrogen-bond donors (Lipinski definition) is 0. The molecule has 1 aromatic heterocycles. The standard InChI is InChI=1S/C36H36N2O3/c1-6-31-34(26-13-8-7-9-14-26)35(27-21-19-25(2)20-22-27)37-38(31)32-18-11-10-17-30(32)28-15-12-16-29(23-28)40-24-33(39)41-36(3,4)5/h7-23H,6,24H2,1-5H3. The van der Waals surface area contributed by atoms with Gasteiger partial charge >= 0.3 is 5.97 Å². The second kappa shape index (κ2) is 11.8. The smallest absolute Gasteiger partial charge is 0.344 e. The molecule has 0 fully saturated rings. The third-order valence-electron chi connectivity index (χ3n) is 6.76. The Morgan fingerprint density at radius 3 is 2.20 bits per heavy atom. The second-order valence-electron chi connectivity index (χ2n) is 11.1. The number of hydrogen-bond acceptors (Lipinski definition) is 4. The van der Waals surface area contributed by atoms with Gasteiger partial charge in [0.1, 0.15) is 17.0 Å². The van der Waals surface area contributed by atoms with Crippen LogP contribution in [0, 0.1) is 6.92 Å². The third-order valence-corrected chi connectivity index (χ3v) is 6.76. The van der Waals surface area contributed by atoms with E-state index >= 15 is 0 Å². The SMILES string of the molecule is CCc1c(-c2ccccc2)c(-c2ccc(C)cc2)nn1-c1ccccc1-c1cccc(OCC(=O)OC(C)(C)C)c1. The Balaban J connectivity index is 1.59. The molecule has 5 aromatic rings. The number of esters is 1. The number of para-hydroxylation sites is 1. The number of carbonyl (C=O) groups excluding carboxylic acids is 1. The molecule has 0 aliphatic carbocycles. The highest BCUT2D eigenvalue weighted by Crippen LogP contribution is 2.38. The minimum absolute atomic E-state index is 0.151. The molecule has 0 unspecified atom stereocenters. The van der Waals surface area contributed by atoms with E-state index in [-0.39, 0.29) is 6.61 Å². The molecule has 0 saturated heterocycles. The fraction of sp³-hybridized carbons (Fsp3) is 0.222. The fourth-order valence-electron chi connectivity index (χ4n) is 4.97. The zero-order valence-electron chi connectivity index (χ0n) is 24.3. The van der Waals surface area contributed by atoms with E-state index in [1.54, 1.807) is 0 Å². The molecule has 0 spiro atoms. The predicted octanol–water partition coefficient (Wildman–Crippen LogP) is 8.46. The quantitative estimate of drug-likeness (QED) is 0.184. The minimum atomic E-state index is -0.558. The Hall–Kier alpha value is -4.64. The van der Waals surface area contributed by atoms with Crippen molar-refractivity contribution in [2.24, 2.45) is 0 Å². The number of nitrogens with zero attached hydrogens (tertiary/aromatic N) is 2. The number of ether oxygens (including phenoxy) is 2. The van der Waals surface area contributed by atoms with Gasteiger partial charge in [-0.15, -0.1) is 0 Å². The van der Waals surface area contributed by atoms with Crippen molar-refractivity contribution in [3.05, 3.63) is 114 Å². The van der Waals surface area contributed by atoms with Gasteiger partial charge in [-0.25, -0.2) is 9.48 Å². The molecule has 5 rings (SSSR count). The highest BCUT2D eigenvalue weighted by Gasteiger charge is 2.22. The van der Waals surface area contributed by atoms with Crippen molar-refractivity contribution in [3.8, 4) is 44.9 Å². The fourth-order valence-corrected chi connectivity index (χ4v) is 4.97. The Kier molecular flexibility index (Phi) is 8.06. The van der Waals surface area contributed by atoms with E-state index in [1.807, 2.05) is 63.2 Å². The van der Waals surface area contributed by atoms with Gasteiger partial charge in [0, 0.05) is 16.7 Å². The normalized spacial score (nSPS) is 11.3. The van der Waals surface area contributed by atoms with Crippen LogP contribution in [0.15, 0.2) is 103 Å². The Morgan fingerprint density at radius 2 is 1.49 bits per heavy atom. The van der Waals surface area contributed by atoms with Crippen LogP contribution in [-0.2, 0) is 16.0 Å². The van der Waals surface area contributed by atoms with Crippen molar-refractivity contribution in [2.75, 3.05) is 6.61 Å².